The topological polar surface area (TPSA) is 61.8 Å². The maximum absolute atomic E-state index is 11.5. The van der Waals surface area contributed by atoms with E-state index in [1.807, 2.05) is 0 Å². The van der Waals surface area contributed by atoms with E-state index in [-0.39, 0.29) is 24.1 Å². The number of rotatable bonds is 2. The highest BCUT2D eigenvalue weighted by molar-refractivity contribution is 5.84. The average Bonchev–Trinajstić information content (AvgIpc) is 2.86. The summed E-state index contributed by atoms with van der Waals surface area (Å²) < 4.78 is 14.9. The summed E-state index contributed by atoms with van der Waals surface area (Å²) in [5.41, 5.74) is 0. The highest BCUT2D eigenvalue weighted by Crippen LogP contribution is 2.44. The molecule has 0 aromatic heterocycles. The fourth-order valence-corrected chi connectivity index (χ4v) is 2.55. The van der Waals surface area contributed by atoms with Gasteiger partial charge in [0.1, 0.15) is 0 Å². The molecular weight excluding hydrogens is 200 g/mol. The Morgan fingerprint density at radius 1 is 1.00 bits per heavy atom. The molecule has 2 heterocycles. The summed E-state index contributed by atoms with van der Waals surface area (Å²) in [6.45, 7) is 0. The van der Waals surface area contributed by atoms with Crippen LogP contribution in [0.25, 0.3) is 0 Å². The van der Waals surface area contributed by atoms with Crippen LogP contribution >= 0.6 is 0 Å². The molecule has 2 unspecified atom stereocenters. The van der Waals surface area contributed by atoms with Gasteiger partial charge in [0.25, 0.3) is 0 Å². The molecule has 4 atom stereocenters. The van der Waals surface area contributed by atoms with E-state index in [9.17, 15) is 9.59 Å². The first-order chi connectivity index (χ1) is 7.19. The zero-order valence-corrected chi connectivity index (χ0v) is 8.76. The second-order valence-corrected chi connectivity index (χ2v) is 3.89. The second-order valence-electron chi connectivity index (χ2n) is 3.89. The predicted octanol–water partition coefficient (Wildman–Crippen LogP) is 0.126. The first-order valence-electron chi connectivity index (χ1n) is 5.00. The van der Waals surface area contributed by atoms with E-state index in [1.165, 1.54) is 14.2 Å². The molecule has 0 aromatic rings. The summed E-state index contributed by atoms with van der Waals surface area (Å²) in [5, 5.41) is 0. The van der Waals surface area contributed by atoms with Crippen molar-refractivity contribution in [1.29, 1.82) is 0 Å². The van der Waals surface area contributed by atoms with E-state index in [1.54, 1.807) is 0 Å². The van der Waals surface area contributed by atoms with Gasteiger partial charge in [-0.15, -0.1) is 0 Å². The third-order valence-electron chi connectivity index (χ3n) is 3.22. The number of methoxy groups -OCH3 is 2. The number of carbonyl (C=O) groups excluding carboxylic acids is 2. The van der Waals surface area contributed by atoms with Crippen LogP contribution in [0.1, 0.15) is 12.8 Å². The minimum atomic E-state index is -0.485. The lowest BCUT2D eigenvalue weighted by molar-refractivity contribution is -0.157. The van der Waals surface area contributed by atoms with Crippen molar-refractivity contribution >= 4 is 11.9 Å². The fraction of sp³-hybridized carbons (Fsp3) is 0.800. The molecule has 0 radical (unpaired) electrons. The molecular formula is C10H14O5. The Balaban J connectivity index is 2.19. The van der Waals surface area contributed by atoms with Crippen LogP contribution in [0.15, 0.2) is 0 Å². The smallest absolute Gasteiger partial charge is 0.312 e. The van der Waals surface area contributed by atoms with Crippen LogP contribution in [0, 0.1) is 11.8 Å². The first kappa shape index (κ1) is 10.4. The Labute approximate surface area is 87.7 Å². The third kappa shape index (κ3) is 1.51. The van der Waals surface area contributed by atoms with E-state index < -0.39 is 11.8 Å². The van der Waals surface area contributed by atoms with Crippen LogP contribution in [0.5, 0.6) is 0 Å². The van der Waals surface area contributed by atoms with Crippen molar-refractivity contribution in [3.8, 4) is 0 Å². The molecule has 0 amide bonds. The summed E-state index contributed by atoms with van der Waals surface area (Å²) >= 11 is 0. The molecule has 84 valence electrons. The molecule has 2 rings (SSSR count). The summed E-state index contributed by atoms with van der Waals surface area (Å²) in [6.07, 6.45) is 1.29. The molecule has 2 aliphatic rings. The van der Waals surface area contributed by atoms with Gasteiger partial charge in [0.2, 0.25) is 0 Å². The average molecular weight is 214 g/mol. The largest absolute Gasteiger partial charge is 0.469 e. The van der Waals surface area contributed by atoms with Gasteiger partial charge in [0.15, 0.2) is 0 Å². The highest BCUT2D eigenvalue weighted by Gasteiger charge is 2.56. The monoisotopic (exact) mass is 214 g/mol. The molecule has 5 heteroatoms. The molecule has 0 spiro atoms. The second kappa shape index (κ2) is 3.81. The molecule has 0 saturated carbocycles. The van der Waals surface area contributed by atoms with Gasteiger partial charge < -0.3 is 14.2 Å². The molecule has 15 heavy (non-hydrogen) atoms. The van der Waals surface area contributed by atoms with Crippen molar-refractivity contribution in [3.05, 3.63) is 0 Å². The minimum absolute atomic E-state index is 0.174. The van der Waals surface area contributed by atoms with Gasteiger partial charge >= 0.3 is 11.9 Å². The summed E-state index contributed by atoms with van der Waals surface area (Å²) in [6, 6.07) is 0. The lowest BCUT2D eigenvalue weighted by Crippen LogP contribution is -2.39. The Hall–Kier alpha value is -1.10. The molecule has 5 nitrogen and oxygen atoms in total. The van der Waals surface area contributed by atoms with Crippen LogP contribution < -0.4 is 0 Å². The SMILES string of the molecule is COC(=O)C1C(C(=O)OC)[C@H]2CC[C@@H]1O2. The number of carbonyl (C=O) groups is 2. The van der Waals surface area contributed by atoms with Crippen molar-refractivity contribution in [2.75, 3.05) is 14.2 Å². The van der Waals surface area contributed by atoms with Crippen LogP contribution in [0.3, 0.4) is 0 Å². The number of ether oxygens (including phenoxy) is 3. The lowest BCUT2D eigenvalue weighted by Gasteiger charge is -2.23. The summed E-state index contributed by atoms with van der Waals surface area (Å²) in [4.78, 5) is 23.0. The molecule has 0 N–H and O–H groups in total. The van der Waals surface area contributed by atoms with Crippen LogP contribution in [-0.4, -0.2) is 38.4 Å². The number of hydrogen-bond acceptors (Lipinski definition) is 5. The Morgan fingerprint density at radius 2 is 1.40 bits per heavy atom. The number of fused-ring (bicyclic) bond motifs is 2. The van der Waals surface area contributed by atoms with Gasteiger partial charge in [-0.1, -0.05) is 0 Å². The van der Waals surface area contributed by atoms with Gasteiger partial charge in [-0.05, 0) is 12.8 Å². The van der Waals surface area contributed by atoms with Crippen molar-refractivity contribution in [3.63, 3.8) is 0 Å². The van der Waals surface area contributed by atoms with Crippen molar-refractivity contribution in [2.24, 2.45) is 11.8 Å². The lowest BCUT2D eigenvalue weighted by atomic mass is 9.79. The van der Waals surface area contributed by atoms with Gasteiger partial charge in [-0.3, -0.25) is 9.59 Å². The Kier molecular flexibility index (Phi) is 2.65. The van der Waals surface area contributed by atoms with Crippen LogP contribution in [0.2, 0.25) is 0 Å². The minimum Gasteiger partial charge on any atom is -0.469 e. The normalized spacial score (nSPS) is 37.7. The molecule has 2 aliphatic heterocycles. The first-order valence-corrected chi connectivity index (χ1v) is 5.00. The Bertz CT molecular complexity index is 260. The van der Waals surface area contributed by atoms with E-state index in [2.05, 4.69) is 9.47 Å². The van der Waals surface area contributed by atoms with Crippen LogP contribution in [-0.2, 0) is 23.8 Å². The van der Waals surface area contributed by atoms with E-state index in [0.717, 1.165) is 12.8 Å². The molecule has 2 saturated heterocycles. The zero-order chi connectivity index (χ0) is 11.0. The van der Waals surface area contributed by atoms with Gasteiger partial charge in [0.05, 0.1) is 38.3 Å². The molecule has 0 aliphatic carbocycles. The molecule has 0 aromatic carbocycles. The quantitative estimate of drug-likeness (QED) is 0.611. The maximum atomic E-state index is 11.5. The third-order valence-corrected chi connectivity index (χ3v) is 3.22. The fourth-order valence-electron chi connectivity index (χ4n) is 2.55. The highest BCUT2D eigenvalue weighted by atomic mass is 16.6. The van der Waals surface area contributed by atoms with Crippen molar-refractivity contribution in [1.82, 2.24) is 0 Å². The maximum Gasteiger partial charge on any atom is 0.312 e. The number of hydrogen-bond donors (Lipinski definition) is 0. The van der Waals surface area contributed by atoms with Gasteiger partial charge in [-0.25, -0.2) is 0 Å². The summed E-state index contributed by atoms with van der Waals surface area (Å²) in [5.74, 6) is -1.72. The molecule has 2 fully saturated rings. The van der Waals surface area contributed by atoms with Gasteiger partial charge in [0, 0.05) is 0 Å². The predicted molar refractivity (Wildman–Crippen MR) is 48.9 cm³/mol. The van der Waals surface area contributed by atoms with E-state index >= 15 is 0 Å². The summed E-state index contributed by atoms with van der Waals surface area (Å²) in [7, 11) is 2.64. The Morgan fingerprint density at radius 3 is 1.73 bits per heavy atom. The van der Waals surface area contributed by atoms with Crippen molar-refractivity contribution < 1.29 is 23.8 Å². The van der Waals surface area contributed by atoms with Crippen molar-refractivity contribution in [2.45, 2.75) is 25.0 Å². The number of esters is 2. The molecule has 2 bridgehead atoms. The van der Waals surface area contributed by atoms with E-state index in [4.69, 9.17) is 4.74 Å². The van der Waals surface area contributed by atoms with Gasteiger partial charge in [-0.2, -0.15) is 0 Å². The van der Waals surface area contributed by atoms with E-state index in [0.29, 0.717) is 0 Å². The zero-order valence-electron chi connectivity index (χ0n) is 8.76. The van der Waals surface area contributed by atoms with Crippen LogP contribution in [0.4, 0.5) is 0 Å². The standard InChI is InChI=1S/C10H14O5/c1-13-9(11)7-5-3-4-6(15-5)8(7)10(12)14-2/h5-8H,3-4H2,1-2H3/t5-,6+,7?,8?.